The van der Waals surface area contributed by atoms with Gasteiger partial charge in [-0.15, -0.1) is 0 Å². The van der Waals surface area contributed by atoms with Crippen LogP contribution < -0.4 is 4.74 Å². The Morgan fingerprint density at radius 2 is 2.15 bits per heavy atom. The minimum atomic E-state index is 0.338. The van der Waals surface area contributed by atoms with Gasteiger partial charge in [0.25, 0.3) is 0 Å². The fourth-order valence-corrected chi connectivity index (χ4v) is 1.27. The van der Waals surface area contributed by atoms with Crippen molar-refractivity contribution in [3.8, 4) is 5.75 Å². The summed E-state index contributed by atoms with van der Waals surface area (Å²) in [6, 6.07) is 4.96. The lowest BCUT2D eigenvalue weighted by Crippen LogP contribution is -1.97. The quantitative estimate of drug-likeness (QED) is 0.574. The first-order valence-corrected chi connectivity index (χ1v) is 4.51. The smallest absolute Gasteiger partial charge is 0.138 e. The van der Waals surface area contributed by atoms with E-state index in [1.54, 1.807) is 18.2 Å². The van der Waals surface area contributed by atoms with Crippen LogP contribution in [-0.2, 0) is 4.79 Å². The largest absolute Gasteiger partial charge is 0.492 e. The monoisotopic (exact) mass is 218 g/mol. The van der Waals surface area contributed by atoms with Gasteiger partial charge >= 0.3 is 0 Å². The Balaban J connectivity index is 2.61. The van der Waals surface area contributed by atoms with Crippen LogP contribution in [-0.4, -0.2) is 12.9 Å². The summed E-state index contributed by atoms with van der Waals surface area (Å²) in [6.07, 6.45) is 1.16. The topological polar surface area (TPSA) is 26.3 Å². The van der Waals surface area contributed by atoms with E-state index >= 15 is 0 Å². The van der Waals surface area contributed by atoms with Gasteiger partial charge in [-0.1, -0.05) is 23.2 Å². The molecule has 1 aromatic carbocycles. The maximum absolute atomic E-state index is 10.0. The predicted octanol–water partition coefficient (Wildman–Crippen LogP) is 2.96. The number of benzene rings is 1. The van der Waals surface area contributed by atoms with Crippen molar-refractivity contribution in [3.05, 3.63) is 28.2 Å². The lowest BCUT2D eigenvalue weighted by atomic mass is 10.3. The molecule has 4 heteroatoms. The maximum Gasteiger partial charge on any atom is 0.138 e. The van der Waals surface area contributed by atoms with E-state index < -0.39 is 0 Å². The van der Waals surface area contributed by atoms with Crippen LogP contribution in [0.3, 0.4) is 0 Å². The molecule has 0 heterocycles. The first-order valence-electron chi connectivity index (χ1n) is 3.75. The Morgan fingerprint density at radius 3 is 2.77 bits per heavy atom. The van der Waals surface area contributed by atoms with E-state index in [-0.39, 0.29) is 0 Å². The van der Waals surface area contributed by atoms with Gasteiger partial charge in [0, 0.05) is 11.4 Å². The Hall–Kier alpha value is -0.730. The molecule has 0 N–H and O–H groups in total. The van der Waals surface area contributed by atoms with Crippen molar-refractivity contribution in [1.82, 2.24) is 0 Å². The highest BCUT2D eigenvalue weighted by Gasteiger charge is 2.01. The van der Waals surface area contributed by atoms with Gasteiger partial charge in [0.15, 0.2) is 0 Å². The summed E-state index contributed by atoms with van der Waals surface area (Å²) >= 11 is 11.5. The van der Waals surface area contributed by atoms with Crippen LogP contribution in [0.2, 0.25) is 10.0 Å². The molecule has 0 amide bonds. The van der Waals surface area contributed by atoms with Gasteiger partial charge in [-0.05, 0) is 18.2 Å². The highest BCUT2D eigenvalue weighted by Crippen LogP contribution is 2.27. The highest BCUT2D eigenvalue weighted by molar-refractivity contribution is 6.35. The first-order chi connectivity index (χ1) is 6.24. The van der Waals surface area contributed by atoms with Crippen LogP contribution in [0.15, 0.2) is 18.2 Å². The molecule has 0 fully saturated rings. The van der Waals surface area contributed by atoms with Crippen LogP contribution in [0.1, 0.15) is 6.42 Å². The fraction of sp³-hybridized carbons (Fsp3) is 0.222. The normalized spacial score (nSPS) is 9.69. The number of hydrogen-bond acceptors (Lipinski definition) is 2. The lowest BCUT2D eigenvalue weighted by molar-refractivity contribution is -0.108. The number of carbonyl (C=O) groups excluding carboxylic acids is 1. The van der Waals surface area contributed by atoms with E-state index in [1.807, 2.05) is 0 Å². The zero-order valence-electron chi connectivity index (χ0n) is 6.80. The summed E-state index contributed by atoms with van der Waals surface area (Å²) < 4.78 is 5.21. The second-order valence-electron chi connectivity index (χ2n) is 2.38. The van der Waals surface area contributed by atoms with Crippen molar-refractivity contribution >= 4 is 29.5 Å². The maximum atomic E-state index is 10.0. The molecule has 0 aliphatic carbocycles. The Bertz CT molecular complexity index is 300. The number of carbonyl (C=O) groups is 1. The van der Waals surface area contributed by atoms with Crippen molar-refractivity contribution in [3.63, 3.8) is 0 Å². The number of ether oxygens (including phenoxy) is 1. The molecule has 0 aliphatic rings. The zero-order chi connectivity index (χ0) is 9.68. The fourth-order valence-electron chi connectivity index (χ4n) is 0.809. The predicted molar refractivity (Wildman–Crippen MR) is 52.6 cm³/mol. The van der Waals surface area contributed by atoms with E-state index in [2.05, 4.69) is 0 Å². The third kappa shape index (κ3) is 3.25. The van der Waals surface area contributed by atoms with Crippen molar-refractivity contribution in [1.29, 1.82) is 0 Å². The summed E-state index contributed by atoms with van der Waals surface area (Å²) in [7, 11) is 0. The molecule has 0 saturated heterocycles. The second kappa shape index (κ2) is 5.10. The van der Waals surface area contributed by atoms with E-state index in [0.29, 0.717) is 28.8 Å². The van der Waals surface area contributed by atoms with Gasteiger partial charge in [-0.3, -0.25) is 0 Å². The number of rotatable bonds is 4. The van der Waals surface area contributed by atoms with Gasteiger partial charge in [0.2, 0.25) is 0 Å². The first kappa shape index (κ1) is 10.4. The number of hydrogen-bond donors (Lipinski definition) is 0. The third-order valence-electron chi connectivity index (χ3n) is 1.39. The van der Waals surface area contributed by atoms with E-state index in [1.165, 1.54) is 0 Å². The van der Waals surface area contributed by atoms with Gasteiger partial charge in [0.05, 0.1) is 11.6 Å². The zero-order valence-corrected chi connectivity index (χ0v) is 8.31. The Labute approximate surface area is 86.4 Å². The van der Waals surface area contributed by atoms with Gasteiger partial charge in [0.1, 0.15) is 12.0 Å². The highest BCUT2D eigenvalue weighted by atomic mass is 35.5. The average molecular weight is 219 g/mol. The molecular weight excluding hydrogens is 211 g/mol. The molecule has 0 radical (unpaired) electrons. The molecule has 13 heavy (non-hydrogen) atoms. The molecule has 0 bridgehead atoms. The minimum absolute atomic E-state index is 0.338. The SMILES string of the molecule is O=CCCOc1ccc(Cl)cc1Cl. The summed E-state index contributed by atoms with van der Waals surface area (Å²) in [6.45, 7) is 0.338. The van der Waals surface area contributed by atoms with Crippen LogP contribution in [0.5, 0.6) is 5.75 Å². The molecule has 2 nitrogen and oxygen atoms in total. The van der Waals surface area contributed by atoms with Crippen molar-refractivity contribution in [2.45, 2.75) is 6.42 Å². The van der Waals surface area contributed by atoms with E-state index in [4.69, 9.17) is 27.9 Å². The van der Waals surface area contributed by atoms with Crippen molar-refractivity contribution in [2.24, 2.45) is 0 Å². The number of aldehydes is 1. The molecule has 0 spiro atoms. The van der Waals surface area contributed by atoms with Crippen molar-refractivity contribution < 1.29 is 9.53 Å². The molecular formula is C9H8Cl2O2. The van der Waals surface area contributed by atoms with E-state index in [9.17, 15) is 4.79 Å². The summed E-state index contributed by atoms with van der Waals surface area (Å²) in [5.74, 6) is 0.549. The molecule has 1 rings (SSSR count). The lowest BCUT2D eigenvalue weighted by Gasteiger charge is -2.05. The minimum Gasteiger partial charge on any atom is -0.492 e. The van der Waals surface area contributed by atoms with Crippen LogP contribution in [0.4, 0.5) is 0 Å². The molecule has 1 aromatic rings. The summed E-state index contributed by atoms with van der Waals surface area (Å²) in [5, 5.41) is 1.02. The van der Waals surface area contributed by atoms with Crippen LogP contribution in [0.25, 0.3) is 0 Å². The molecule has 0 aliphatic heterocycles. The molecule has 0 unspecified atom stereocenters. The van der Waals surface area contributed by atoms with Gasteiger partial charge < -0.3 is 9.53 Å². The standard InChI is InChI=1S/C9H8Cl2O2/c10-7-2-3-9(8(11)6-7)13-5-1-4-12/h2-4,6H,1,5H2. The Kier molecular flexibility index (Phi) is 4.06. The third-order valence-corrected chi connectivity index (χ3v) is 1.92. The molecule has 0 saturated carbocycles. The number of halogens is 2. The van der Waals surface area contributed by atoms with E-state index in [0.717, 1.165) is 6.29 Å². The second-order valence-corrected chi connectivity index (χ2v) is 3.22. The van der Waals surface area contributed by atoms with Crippen LogP contribution in [0, 0.1) is 0 Å². The van der Waals surface area contributed by atoms with Gasteiger partial charge in [-0.2, -0.15) is 0 Å². The Morgan fingerprint density at radius 1 is 1.38 bits per heavy atom. The van der Waals surface area contributed by atoms with Gasteiger partial charge in [-0.25, -0.2) is 0 Å². The molecule has 0 atom stereocenters. The average Bonchev–Trinajstić information content (AvgIpc) is 2.09. The summed E-state index contributed by atoms with van der Waals surface area (Å²) in [4.78, 5) is 10.0. The van der Waals surface area contributed by atoms with Crippen molar-refractivity contribution in [2.75, 3.05) is 6.61 Å². The molecule has 0 aromatic heterocycles. The van der Waals surface area contributed by atoms with Crippen LogP contribution >= 0.6 is 23.2 Å². The molecule has 70 valence electrons. The summed E-state index contributed by atoms with van der Waals surface area (Å²) in [5.41, 5.74) is 0.